The Kier molecular flexibility index (Phi) is 11.7. The molecule has 0 aliphatic heterocycles. The van der Waals surface area contributed by atoms with Gasteiger partial charge in [-0.05, 0) is 50.8 Å². The molecular formula is C26H35ClF2N6O2. The maximum atomic E-state index is 12.2. The highest BCUT2D eigenvalue weighted by Crippen LogP contribution is 2.28. The zero-order chi connectivity index (χ0) is 27.5. The number of rotatable bonds is 10. The van der Waals surface area contributed by atoms with E-state index in [1.54, 1.807) is 24.0 Å². The summed E-state index contributed by atoms with van der Waals surface area (Å²) in [5.74, 6) is 1.36. The number of unbranched alkanes of at least 4 members (excludes halogenated alkanes) is 1. The molecule has 0 saturated heterocycles. The number of nitrogens with one attached hydrogen (secondary N) is 1. The molecule has 202 valence electrons. The summed E-state index contributed by atoms with van der Waals surface area (Å²) in [5, 5.41) is 13.5. The quantitative estimate of drug-likeness (QED) is 0.303. The molecule has 2 aromatic heterocycles. The van der Waals surface area contributed by atoms with Crippen molar-refractivity contribution in [1.82, 2.24) is 19.9 Å². The van der Waals surface area contributed by atoms with Crippen LogP contribution in [-0.2, 0) is 6.42 Å². The van der Waals surface area contributed by atoms with Crippen molar-refractivity contribution in [3.8, 4) is 11.6 Å². The van der Waals surface area contributed by atoms with E-state index in [9.17, 15) is 13.9 Å². The number of anilines is 2. The van der Waals surface area contributed by atoms with Crippen LogP contribution in [0.5, 0.6) is 11.6 Å². The first kappa shape index (κ1) is 30.0. The molecule has 8 nitrogen and oxygen atoms in total. The molecule has 0 fully saturated rings. The number of ether oxygens (including phenoxy) is 1. The van der Waals surface area contributed by atoms with Crippen molar-refractivity contribution in [3.63, 3.8) is 0 Å². The Morgan fingerprint density at radius 2 is 1.73 bits per heavy atom. The van der Waals surface area contributed by atoms with Crippen molar-refractivity contribution >= 4 is 23.4 Å². The SMILES string of the molecule is CCC(Nc1ncnc(C)c1Cl)c1ccc(OC(F)F)cc1.CCCCc1c(C)nc(N(C)C)nc1O. The van der Waals surface area contributed by atoms with Crippen molar-refractivity contribution in [2.75, 3.05) is 24.3 Å². The van der Waals surface area contributed by atoms with Crippen LogP contribution in [0.25, 0.3) is 0 Å². The second kappa shape index (κ2) is 14.5. The van der Waals surface area contributed by atoms with Gasteiger partial charge in [-0.25, -0.2) is 15.0 Å². The molecule has 0 spiro atoms. The van der Waals surface area contributed by atoms with E-state index < -0.39 is 6.61 Å². The molecule has 1 aromatic carbocycles. The summed E-state index contributed by atoms with van der Waals surface area (Å²) in [6.45, 7) is 5.02. The Hall–Kier alpha value is -3.27. The summed E-state index contributed by atoms with van der Waals surface area (Å²) in [4.78, 5) is 18.3. The van der Waals surface area contributed by atoms with Gasteiger partial charge in [-0.2, -0.15) is 13.8 Å². The number of aromatic hydroxyl groups is 1. The number of aryl methyl sites for hydroxylation is 2. The molecule has 0 bridgehead atoms. The highest BCUT2D eigenvalue weighted by molar-refractivity contribution is 6.33. The van der Waals surface area contributed by atoms with Crippen molar-refractivity contribution in [2.45, 2.75) is 66.0 Å². The van der Waals surface area contributed by atoms with E-state index in [1.807, 2.05) is 27.9 Å². The first-order chi connectivity index (χ1) is 17.6. The van der Waals surface area contributed by atoms with Gasteiger partial charge in [0.05, 0.1) is 11.7 Å². The minimum atomic E-state index is -2.83. The van der Waals surface area contributed by atoms with E-state index in [-0.39, 0.29) is 17.7 Å². The van der Waals surface area contributed by atoms with Gasteiger partial charge in [-0.1, -0.05) is 44.0 Å². The Bertz CT molecular complexity index is 1110. The summed E-state index contributed by atoms with van der Waals surface area (Å²) in [5.41, 5.74) is 3.37. The monoisotopic (exact) mass is 536 g/mol. The summed E-state index contributed by atoms with van der Waals surface area (Å²) < 4.78 is 28.6. The normalized spacial score (nSPS) is 11.5. The van der Waals surface area contributed by atoms with Crippen LogP contribution < -0.4 is 15.0 Å². The highest BCUT2D eigenvalue weighted by atomic mass is 35.5. The van der Waals surface area contributed by atoms with Crippen LogP contribution in [-0.4, -0.2) is 45.7 Å². The van der Waals surface area contributed by atoms with Gasteiger partial charge in [-0.15, -0.1) is 0 Å². The minimum absolute atomic E-state index is 0.0487. The fourth-order valence-electron chi connectivity index (χ4n) is 3.44. The summed E-state index contributed by atoms with van der Waals surface area (Å²) in [7, 11) is 3.72. The van der Waals surface area contributed by atoms with Gasteiger partial charge in [0.25, 0.3) is 0 Å². The number of nitrogens with zero attached hydrogens (tertiary/aromatic N) is 5. The lowest BCUT2D eigenvalue weighted by Crippen LogP contribution is -2.14. The lowest BCUT2D eigenvalue weighted by molar-refractivity contribution is -0.0498. The van der Waals surface area contributed by atoms with Crippen molar-refractivity contribution < 1.29 is 18.6 Å². The molecular weight excluding hydrogens is 502 g/mol. The van der Waals surface area contributed by atoms with Gasteiger partial charge in [0.1, 0.15) is 22.9 Å². The molecule has 2 N–H and O–H groups in total. The highest BCUT2D eigenvalue weighted by Gasteiger charge is 2.14. The Morgan fingerprint density at radius 3 is 2.27 bits per heavy atom. The molecule has 1 unspecified atom stereocenters. The van der Waals surface area contributed by atoms with Crippen molar-refractivity contribution in [3.05, 3.63) is 58.1 Å². The van der Waals surface area contributed by atoms with Gasteiger partial charge in [0, 0.05) is 25.4 Å². The zero-order valence-electron chi connectivity index (χ0n) is 22.1. The number of benzene rings is 1. The first-order valence-corrected chi connectivity index (χ1v) is 12.5. The summed E-state index contributed by atoms with van der Waals surface area (Å²) in [6, 6.07) is 6.45. The Labute approximate surface area is 222 Å². The largest absolute Gasteiger partial charge is 0.493 e. The summed E-state index contributed by atoms with van der Waals surface area (Å²) in [6.07, 6.45) is 5.22. The fraction of sp³-hybridized carbons (Fsp3) is 0.462. The van der Waals surface area contributed by atoms with Gasteiger partial charge < -0.3 is 20.1 Å². The number of alkyl halides is 2. The maximum absolute atomic E-state index is 12.2. The predicted molar refractivity (Wildman–Crippen MR) is 143 cm³/mol. The number of hydrogen-bond acceptors (Lipinski definition) is 8. The number of aromatic nitrogens is 4. The molecule has 0 radical (unpaired) electrons. The Morgan fingerprint density at radius 1 is 1.05 bits per heavy atom. The second-order valence-corrected chi connectivity index (χ2v) is 8.96. The topological polar surface area (TPSA) is 96.3 Å². The molecule has 0 aliphatic carbocycles. The van der Waals surface area contributed by atoms with Gasteiger partial charge in [0.2, 0.25) is 11.8 Å². The molecule has 37 heavy (non-hydrogen) atoms. The molecule has 11 heteroatoms. The van der Waals surface area contributed by atoms with E-state index in [2.05, 4.69) is 36.9 Å². The van der Waals surface area contributed by atoms with E-state index in [4.69, 9.17) is 11.6 Å². The van der Waals surface area contributed by atoms with Crippen molar-refractivity contribution in [1.29, 1.82) is 0 Å². The zero-order valence-corrected chi connectivity index (χ0v) is 22.9. The smallest absolute Gasteiger partial charge is 0.387 e. The van der Waals surface area contributed by atoms with E-state index in [0.717, 1.165) is 42.5 Å². The first-order valence-electron chi connectivity index (χ1n) is 12.1. The van der Waals surface area contributed by atoms with E-state index >= 15 is 0 Å². The van der Waals surface area contributed by atoms with Crippen LogP contribution in [0.4, 0.5) is 20.5 Å². The van der Waals surface area contributed by atoms with Gasteiger partial charge in [0.15, 0.2) is 0 Å². The van der Waals surface area contributed by atoms with Crippen LogP contribution in [0.2, 0.25) is 5.02 Å². The van der Waals surface area contributed by atoms with Crippen LogP contribution >= 0.6 is 11.6 Å². The molecule has 3 rings (SSSR count). The number of hydrogen-bond donors (Lipinski definition) is 2. The molecule has 1 atom stereocenters. The molecule has 0 saturated carbocycles. The van der Waals surface area contributed by atoms with E-state index in [1.165, 1.54) is 18.5 Å². The average molecular weight is 537 g/mol. The average Bonchev–Trinajstić information content (AvgIpc) is 2.85. The lowest BCUT2D eigenvalue weighted by Gasteiger charge is -2.19. The summed E-state index contributed by atoms with van der Waals surface area (Å²) >= 11 is 6.17. The molecule has 0 amide bonds. The second-order valence-electron chi connectivity index (χ2n) is 8.58. The Balaban J connectivity index is 0.000000281. The molecule has 3 aromatic rings. The van der Waals surface area contributed by atoms with Gasteiger partial charge >= 0.3 is 6.61 Å². The van der Waals surface area contributed by atoms with Crippen LogP contribution in [0.15, 0.2) is 30.6 Å². The maximum Gasteiger partial charge on any atom is 0.387 e. The third-order valence-electron chi connectivity index (χ3n) is 5.55. The van der Waals surface area contributed by atoms with Gasteiger partial charge in [-0.3, -0.25) is 0 Å². The van der Waals surface area contributed by atoms with Crippen LogP contribution in [0.3, 0.4) is 0 Å². The fourth-order valence-corrected chi connectivity index (χ4v) is 3.59. The van der Waals surface area contributed by atoms with Crippen molar-refractivity contribution in [2.24, 2.45) is 0 Å². The third-order valence-corrected chi connectivity index (χ3v) is 6.00. The van der Waals surface area contributed by atoms with E-state index in [0.29, 0.717) is 22.5 Å². The lowest BCUT2D eigenvalue weighted by atomic mass is 10.0. The minimum Gasteiger partial charge on any atom is -0.493 e. The standard InChI is InChI=1S/C15H16ClF2N3O.C11H19N3O/c1-3-12(21-14-13(16)9(2)19-8-20-14)10-4-6-11(7-5-10)22-15(17)18;1-5-6-7-9-8(2)12-11(14(3)4)13-10(9)15/h4-8,12,15H,3H2,1-2H3,(H,19,20,21);5-7H2,1-4H3,(H,12,13,15). The molecule has 0 aliphatic rings. The predicted octanol–water partition coefficient (Wildman–Crippen LogP) is 6.50. The van der Waals surface area contributed by atoms with Crippen LogP contribution in [0, 0.1) is 13.8 Å². The molecule has 2 heterocycles. The van der Waals surface area contributed by atoms with Crippen LogP contribution in [0.1, 0.15) is 61.7 Å². The third kappa shape index (κ3) is 8.96. The number of halogens is 3.